The summed E-state index contributed by atoms with van der Waals surface area (Å²) in [5.74, 6) is -0.427. The van der Waals surface area contributed by atoms with Gasteiger partial charge < -0.3 is 11.1 Å². The van der Waals surface area contributed by atoms with Crippen LogP contribution >= 0.6 is 0 Å². The molecule has 17 heavy (non-hydrogen) atoms. The van der Waals surface area contributed by atoms with Crippen LogP contribution in [0.3, 0.4) is 0 Å². The average molecular weight is 232 g/mol. The standard InChI is InChI=1S/C14H20N2O/c1-10-5-7-11(8-6-10)13(14(15)17)12-4-2-3-9-16-12/h5-8,12-13,16H,2-4,9H2,1H3,(H2,15,17)/t12-,13+/m1/s1. The number of amides is 1. The molecule has 0 saturated carbocycles. The van der Waals surface area contributed by atoms with Crippen LogP contribution in [0.2, 0.25) is 0 Å². The summed E-state index contributed by atoms with van der Waals surface area (Å²) in [6, 6.07) is 8.30. The van der Waals surface area contributed by atoms with Gasteiger partial charge >= 0.3 is 0 Å². The Bertz CT molecular complexity index is 380. The minimum atomic E-state index is -0.228. The molecule has 1 aliphatic rings. The van der Waals surface area contributed by atoms with Gasteiger partial charge in [-0.15, -0.1) is 0 Å². The molecule has 0 bridgehead atoms. The van der Waals surface area contributed by atoms with Crippen molar-refractivity contribution in [2.45, 2.75) is 38.1 Å². The zero-order valence-electron chi connectivity index (χ0n) is 10.3. The van der Waals surface area contributed by atoms with Gasteiger partial charge in [-0.25, -0.2) is 0 Å². The van der Waals surface area contributed by atoms with Crippen molar-refractivity contribution in [2.24, 2.45) is 5.73 Å². The molecular formula is C14H20N2O. The van der Waals surface area contributed by atoms with Crippen LogP contribution in [0.25, 0.3) is 0 Å². The monoisotopic (exact) mass is 232 g/mol. The van der Waals surface area contributed by atoms with Crippen LogP contribution in [-0.4, -0.2) is 18.5 Å². The molecule has 1 amide bonds. The molecule has 0 aliphatic carbocycles. The maximum atomic E-state index is 11.7. The van der Waals surface area contributed by atoms with Gasteiger partial charge in [0.25, 0.3) is 0 Å². The molecule has 0 unspecified atom stereocenters. The minimum Gasteiger partial charge on any atom is -0.369 e. The molecule has 0 spiro atoms. The molecule has 1 fully saturated rings. The van der Waals surface area contributed by atoms with Crippen molar-refractivity contribution < 1.29 is 4.79 Å². The average Bonchev–Trinajstić information content (AvgIpc) is 2.33. The highest BCUT2D eigenvalue weighted by Gasteiger charge is 2.28. The molecule has 1 aromatic rings. The predicted molar refractivity (Wildman–Crippen MR) is 68.8 cm³/mol. The Kier molecular flexibility index (Phi) is 3.79. The van der Waals surface area contributed by atoms with Crippen LogP contribution in [0.5, 0.6) is 0 Å². The van der Waals surface area contributed by atoms with Crippen molar-refractivity contribution in [3.63, 3.8) is 0 Å². The third-order valence-corrected chi connectivity index (χ3v) is 3.49. The smallest absolute Gasteiger partial charge is 0.226 e. The van der Waals surface area contributed by atoms with Gasteiger partial charge in [0.05, 0.1) is 5.92 Å². The number of hydrogen-bond acceptors (Lipinski definition) is 2. The lowest BCUT2D eigenvalue weighted by atomic mass is 9.86. The van der Waals surface area contributed by atoms with E-state index >= 15 is 0 Å². The summed E-state index contributed by atoms with van der Waals surface area (Å²) in [5.41, 5.74) is 7.79. The Morgan fingerprint density at radius 3 is 2.59 bits per heavy atom. The molecule has 1 heterocycles. The quantitative estimate of drug-likeness (QED) is 0.833. The van der Waals surface area contributed by atoms with Crippen molar-refractivity contribution in [1.29, 1.82) is 0 Å². The first-order valence-corrected chi connectivity index (χ1v) is 6.28. The maximum absolute atomic E-state index is 11.7. The van der Waals surface area contributed by atoms with Crippen molar-refractivity contribution >= 4 is 5.91 Å². The van der Waals surface area contributed by atoms with Crippen molar-refractivity contribution in [1.82, 2.24) is 5.32 Å². The van der Waals surface area contributed by atoms with Crippen LogP contribution in [0.1, 0.15) is 36.3 Å². The minimum absolute atomic E-state index is 0.198. The molecule has 92 valence electrons. The number of benzene rings is 1. The fourth-order valence-electron chi connectivity index (χ4n) is 2.53. The molecule has 3 heteroatoms. The number of carbonyl (C=O) groups excluding carboxylic acids is 1. The largest absolute Gasteiger partial charge is 0.369 e. The highest BCUT2D eigenvalue weighted by Crippen LogP contribution is 2.25. The normalized spacial score (nSPS) is 22.1. The highest BCUT2D eigenvalue weighted by molar-refractivity contribution is 5.82. The van der Waals surface area contributed by atoms with Crippen molar-refractivity contribution in [2.75, 3.05) is 6.54 Å². The van der Waals surface area contributed by atoms with E-state index in [0.717, 1.165) is 18.5 Å². The van der Waals surface area contributed by atoms with Crippen LogP contribution in [0.15, 0.2) is 24.3 Å². The molecule has 3 nitrogen and oxygen atoms in total. The SMILES string of the molecule is Cc1ccc([C@H](C(N)=O)[C@H]2CCCCN2)cc1. The van der Waals surface area contributed by atoms with Crippen LogP contribution in [0.4, 0.5) is 0 Å². The van der Waals surface area contributed by atoms with E-state index in [4.69, 9.17) is 5.73 Å². The van der Waals surface area contributed by atoms with Gasteiger partial charge in [0, 0.05) is 6.04 Å². The summed E-state index contributed by atoms with van der Waals surface area (Å²) in [4.78, 5) is 11.7. The van der Waals surface area contributed by atoms with E-state index in [0.29, 0.717) is 0 Å². The lowest BCUT2D eigenvalue weighted by molar-refractivity contribution is -0.120. The number of aryl methyl sites for hydroxylation is 1. The first kappa shape index (κ1) is 12.1. The van der Waals surface area contributed by atoms with Gasteiger partial charge in [-0.2, -0.15) is 0 Å². The van der Waals surface area contributed by atoms with Crippen LogP contribution in [0, 0.1) is 6.92 Å². The van der Waals surface area contributed by atoms with E-state index in [9.17, 15) is 4.79 Å². The van der Waals surface area contributed by atoms with Gasteiger partial charge in [-0.3, -0.25) is 4.79 Å². The Morgan fingerprint density at radius 1 is 1.35 bits per heavy atom. The lowest BCUT2D eigenvalue weighted by Crippen LogP contribution is -2.43. The summed E-state index contributed by atoms with van der Waals surface area (Å²) in [6.07, 6.45) is 3.39. The molecule has 1 saturated heterocycles. The number of nitrogens with two attached hydrogens (primary N) is 1. The van der Waals surface area contributed by atoms with Gasteiger partial charge in [-0.1, -0.05) is 36.2 Å². The molecule has 1 aromatic carbocycles. The Balaban J connectivity index is 2.21. The molecule has 1 aliphatic heterocycles. The summed E-state index contributed by atoms with van der Waals surface area (Å²) in [7, 11) is 0. The number of nitrogens with one attached hydrogen (secondary N) is 1. The fourth-order valence-corrected chi connectivity index (χ4v) is 2.53. The van der Waals surface area contributed by atoms with E-state index in [-0.39, 0.29) is 17.9 Å². The summed E-state index contributed by atoms with van der Waals surface area (Å²) >= 11 is 0. The second-order valence-corrected chi connectivity index (χ2v) is 4.85. The molecular weight excluding hydrogens is 212 g/mol. The Labute approximate surface area is 102 Å². The lowest BCUT2D eigenvalue weighted by Gasteiger charge is -2.29. The third-order valence-electron chi connectivity index (χ3n) is 3.49. The highest BCUT2D eigenvalue weighted by atomic mass is 16.1. The summed E-state index contributed by atoms with van der Waals surface area (Å²) in [5, 5.41) is 3.41. The predicted octanol–water partition coefficient (Wildman–Crippen LogP) is 1.71. The topological polar surface area (TPSA) is 55.1 Å². The first-order chi connectivity index (χ1) is 8.18. The zero-order chi connectivity index (χ0) is 12.3. The molecule has 2 atom stereocenters. The molecule has 2 rings (SSSR count). The second-order valence-electron chi connectivity index (χ2n) is 4.85. The van der Waals surface area contributed by atoms with E-state index in [2.05, 4.69) is 5.32 Å². The fraction of sp³-hybridized carbons (Fsp3) is 0.500. The molecule has 0 aromatic heterocycles. The molecule has 0 radical (unpaired) electrons. The van der Waals surface area contributed by atoms with Gasteiger partial charge in [0.2, 0.25) is 5.91 Å². The number of piperidine rings is 1. The van der Waals surface area contributed by atoms with E-state index in [1.165, 1.54) is 18.4 Å². The number of primary amides is 1. The maximum Gasteiger partial charge on any atom is 0.226 e. The van der Waals surface area contributed by atoms with E-state index in [1.54, 1.807) is 0 Å². The Hall–Kier alpha value is -1.35. The van der Waals surface area contributed by atoms with Gasteiger partial charge in [-0.05, 0) is 31.9 Å². The van der Waals surface area contributed by atoms with E-state index < -0.39 is 0 Å². The second kappa shape index (κ2) is 5.32. The third kappa shape index (κ3) is 2.86. The van der Waals surface area contributed by atoms with Crippen LogP contribution < -0.4 is 11.1 Å². The number of hydrogen-bond donors (Lipinski definition) is 2. The molecule has 3 N–H and O–H groups in total. The van der Waals surface area contributed by atoms with Gasteiger partial charge in [0.1, 0.15) is 0 Å². The summed E-state index contributed by atoms with van der Waals surface area (Å²) < 4.78 is 0. The number of rotatable bonds is 3. The van der Waals surface area contributed by atoms with Crippen molar-refractivity contribution in [3.8, 4) is 0 Å². The first-order valence-electron chi connectivity index (χ1n) is 6.28. The number of carbonyl (C=O) groups is 1. The zero-order valence-corrected chi connectivity index (χ0v) is 10.3. The van der Waals surface area contributed by atoms with Gasteiger partial charge in [0.15, 0.2) is 0 Å². The van der Waals surface area contributed by atoms with Crippen molar-refractivity contribution in [3.05, 3.63) is 35.4 Å². The van der Waals surface area contributed by atoms with Crippen LogP contribution in [-0.2, 0) is 4.79 Å². The summed E-state index contributed by atoms with van der Waals surface area (Å²) in [6.45, 7) is 3.03. The Morgan fingerprint density at radius 2 is 2.06 bits per heavy atom. The van der Waals surface area contributed by atoms with E-state index in [1.807, 2.05) is 31.2 Å².